The van der Waals surface area contributed by atoms with Crippen molar-refractivity contribution < 1.29 is 15.0 Å². The summed E-state index contributed by atoms with van der Waals surface area (Å²) >= 11 is 3.34. The molecule has 1 fully saturated rings. The lowest BCUT2D eigenvalue weighted by molar-refractivity contribution is -0.138. The van der Waals surface area contributed by atoms with Gasteiger partial charge in [0.25, 0.3) is 0 Å². The van der Waals surface area contributed by atoms with Crippen molar-refractivity contribution in [3.8, 4) is 5.75 Å². The molecule has 1 saturated carbocycles. The molecule has 2 atom stereocenters. The van der Waals surface area contributed by atoms with Crippen LogP contribution in [0.1, 0.15) is 17.9 Å². The second-order valence-electron chi connectivity index (χ2n) is 3.49. The fourth-order valence-corrected chi connectivity index (χ4v) is 2.17. The molecule has 2 rings (SSSR count). The van der Waals surface area contributed by atoms with Gasteiger partial charge in [0, 0.05) is 4.47 Å². The molecular formula is C10H9BrO3. The third kappa shape index (κ3) is 1.62. The number of phenolic OH excluding ortho intramolecular Hbond substituents is 1. The maximum atomic E-state index is 10.7. The summed E-state index contributed by atoms with van der Waals surface area (Å²) in [6, 6.07) is 4.94. The Balaban J connectivity index is 2.26. The molecule has 0 spiro atoms. The molecule has 0 amide bonds. The summed E-state index contributed by atoms with van der Waals surface area (Å²) in [7, 11) is 0. The highest BCUT2D eigenvalue weighted by molar-refractivity contribution is 9.10. The Bertz CT molecular complexity index is 389. The molecule has 0 aliphatic heterocycles. The molecule has 1 aromatic rings. The summed E-state index contributed by atoms with van der Waals surface area (Å²) in [4.78, 5) is 10.7. The molecule has 0 radical (unpaired) electrons. The van der Waals surface area contributed by atoms with Crippen LogP contribution < -0.4 is 0 Å². The van der Waals surface area contributed by atoms with Crippen LogP contribution in [0, 0.1) is 5.92 Å². The highest BCUT2D eigenvalue weighted by Gasteiger charge is 2.45. The van der Waals surface area contributed by atoms with Gasteiger partial charge in [0.05, 0.1) is 5.92 Å². The number of carboxylic acids is 1. The van der Waals surface area contributed by atoms with Gasteiger partial charge >= 0.3 is 5.97 Å². The second-order valence-corrected chi connectivity index (χ2v) is 4.35. The minimum atomic E-state index is -0.759. The molecule has 2 N–H and O–H groups in total. The molecule has 0 bridgehead atoms. The van der Waals surface area contributed by atoms with E-state index in [0.717, 1.165) is 10.0 Å². The predicted octanol–water partition coefficient (Wildman–Crippen LogP) is 2.34. The van der Waals surface area contributed by atoms with Crippen molar-refractivity contribution in [2.45, 2.75) is 12.3 Å². The van der Waals surface area contributed by atoms with Crippen LogP contribution in [-0.2, 0) is 4.79 Å². The molecule has 1 aliphatic carbocycles. The van der Waals surface area contributed by atoms with E-state index in [9.17, 15) is 9.90 Å². The molecule has 74 valence electrons. The largest absolute Gasteiger partial charge is 0.508 e. The first kappa shape index (κ1) is 9.52. The monoisotopic (exact) mass is 256 g/mol. The van der Waals surface area contributed by atoms with Crippen LogP contribution in [0.4, 0.5) is 0 Å². The van der Waals surface area contributed by atoms with Crippen molar-refractivity contribution in [1.82, 2.24) is 0 Å². The lowest BCUT2D eigenvalue weighted by atomic mass is 10.1. The van der Waals surface area contributed by atoms with Crippen LogP contribution in [0.5, 0.6) is 5.75 Å². The number of benzene rings is 1. The molecule has 0 aromatic heterocycles. The summed E-state index contributed by atoms with van der Waals surface area (Å²) in [6.45, 7) is 0. The Hall–Kier alpha value is -1.03. The van der Waals surface area contributed by atoms with Crippen LogP contribution in [-0.4, -0.2) is 16.2 Å². The molecule has 0 saturated heterocycles. The van der Waals surface area contributed by atoms with E-state index < -0.39 is 5.97 Å². The number of carbonyl (C=O) groups is 1. The van der Waals surface area contributed by atoms with Crippen LogP contribution in [0.25, 0.3) is 0 Å². The Morgan fingerprint density at radius 3 is 2.79 bits per heavy atom. The van der Waals surface area contributed by atoms with E-state index in [0.29, 0.717) is 6.42 Å². The zero-order chi connectivity index (χ0) is 10.3. The van der Waals surface area contributed by atoms with Crippen molar-refractivity contribution in [1.29, 1.82) is 0 Å². The first-order valence-corrected chi connectivity index (χ1v) is 5.10. The van der Waals surface area contributed by atoms with Crippen molar-refractivity contribution in [3.05, 3.63) is 28.2 Å². The third-order valence-electron chi connectivity index (χ3n) is 2.49. The van der Waals surface area contributed by atoms with E-state index in [2.05, 4.69) is 15.9 Å². The van der Waals surface area contributed by atoms with Gasteiger partial charge in [-0.3, -0.25) is 4.79 Å². The number of rotatable bonds is 2. The quantitative estimate of drug-likeness (QED) is 0.854. The maximum absolute atomic E-state index is 10.7. The van der Waals surface area contributed by atoms with Crippen LogP contribution in [0.2, 0.25) is 0 Å². The Morgan fingerprint density at radius 2 is 2.21 bits per heavy atom. The zero-order valence-electron chi connectivity index (χ0n) is 7.27. The summed E-state index contributed by atoms with van der Waals surface area (Å²) in [6.07, 6.45) is 0.664. The van der Waals surface area contributed by atoms with E-state index in [1.54, 1.807) is 18.2 Å². The van der Waals surface area contributed by atoms with E-state index in [-0.39, 0.29) is 17.6 Å². The Morgan fingerprint density at radius 1 is 1.50 bits per heavy atom. The van der Waals surface area contributed by atoms with Crippen molar-refractivity contribution in [2.75, 3.05) is 0 Å². The van der Waals surface area contributed by atoms with Gasteiger partial charge in [0.15, 0.2) is 0 Å². The summed E-state index contributed by atoms with van der Waals surface area (Å²) in [5, 5.41) is 18.0. The minimum absolute atomic E-state index is 0.0500. The number of hydrogen-bond donors (Lipinski definition) is 2. The van der Waals surface area contributed by atoms with Crippen LogP contribution in [0.3, 0.4) is 0 Å². The van der Waals surface area contributed by atoms with E-state index >= 15 is 0 Å². The highest BCUT2D eigenvalue weighted by Crippen LogP contribution is 2.50. The summed E-state index contributed by atoms with van der Waals surface area (Å²) < 4.78 is 0.865. The first-order valence-electron chi connectivity index (χ1n) is 4.31. The van der Waals surface area contributed by atoms with Gasteiger partial charge in [-0.05, 0) is 36.1 Å². The Labute approximate surface area is 89.5 Å². The van der Waals surface area contributed by atoms with E-state index in [1.807, 2.05) is 0 Å². The van der Waals surface area contributed by atoms with Crippen molar-refractivity contribution in [3.63, 3.8) is 0 Å². The predicted molar refractivity (Wildman–Crippen MR) is 54.3 cm³/mol. The number of carboxylic acid groups (broad SMARTS) is 1. The summed E-state index contributed by atoms with van der Waals surface area (Å²) in [5.41, 5.74) is 0.886. The molecule has 0 heterocycles. The van der Waals surface area contributed by atoms with Gasteiger partial charge in [-0.25, -0.2) is 0 Å². The minimum Gasteiger partial charge on any atom is -0.508 e. The maximum Gasteiger partial charge on any atom is 0.307 e. The van der Waals surface area contributed by atoms with Gasteiger partial charge in [0.1, 0.15) is 5.75 Å². The van der Waals surface area contributed by atoms with Gasteiger partial charge in [-0.2, -0.15) is 0 Å². The number of aliphatic carboxylic acids is 1. The van der Waals surface area contributed by atoms with Gasteiger partial charge in [-0.15, -0.1) is 0 Å². The SMILES string of the molecule is O=C(O)[C@@H]1C[C@H]1c1cc(O)ccc1Br. The molecule has 4 heteroatoms. The number of phenols is 1. The molecular weight excluding hydrogens is 248 g/mol. The van der Waals surface area contributed by atoms with Crippen LogP contribution >= 0.6 is 15.9 Å². The fraction of sp³-hybridized carbons (Fsp3) is 0.300. The van der Waals surface area contributed by atoms with Crippen molar-refractivity contribution in [2.24, 2.45) is 5.92 Å². The smallest absolute Gasteiger partial charge is 0.307 e. The zero-order valence-corrected chi connectivity index (χ0v) is 8.86. The topological polar surface area (TPSA) is 57.5 Å². The number of hydrogen-bond acceptors (Lipinski definition) is 2. The normalized spacial score (nSPS) is 24.6. The van der Waals surface area contributed by atoms with Gasteiger partial charge < -0.3 is 10.2 Å². The molecule has 3 nitrogen and oxygen atoms in total. The molecule has 0 unspecified atom stereocenters. The number of aromatic hydroxyl groups is 1. The lowest BCUT2D eigenvalue weighted by Gasteiger charge is -2.03. The number of halogens is 1. The first-order chi connectivity index (χ1) is 6.59. The summed E-state index contributed by atoms with van der Waals surface area (Å²) in [5.74, 6) is -0.813. The fourth-order valence-electron chi connectivity index (χ4n) is 1.63. The van der Waals surface area contributed by atoms with Gasteiger partial charge in [-0.1, -0.05) is 15.9 Å². The van der Waals surface area contributed by atoms with Crippen LogP contribution in [0.15, 0.2) is 22.7 Å². The van der Waals surface area contributed by atoms with Crippen molar-refractivity contribution >= 4 is 21.9 Å². The Kier molecular flexibility index (Phi) is 2.23. The van der Waals surface area contributed by atoms with E-state index in [1.165, 1.54) is 0 Å². The average Bonchev–Trinajstić information content (AvgIpc) is 2.88. The second kappa shape index (κ2) is 3.28. The lowest BCUT2D eigenvalue weighted by Crippen LogP contribution is -1.99. The average molecular weight is 257 g/mol. The highest BCUT2D eigenvalue weighted by atomic mass is 79.9. The molecule has 14 heavy (non-hydrogen) atoms. The molecule has 1 aliphatic rings. The van der Waals surface area contributed by atoms with E-state index in [4.69, 9.17) is 5.11 Å². The third-order valence-corrected chi connectivity index (χ3v) is 3.21. The standard InChI is InChI=1S/C10H9BrO3/c11-9-2-1-5(12)3-7(9)6-4-8(6)10(13)14/h1-3,6,8,12H,4H2,(H,13,14)/t6-,8+/m0/s1. The molecule has 1 aromatic carbocycles. The van der Waals surface area contributed by atoms with Gasteiger partial charge in [0.2, 0.25) is 0 Å².